The van der Waals surface area contributed by atoms with Crippen LogP contribution in [-0.4, -0.2) is 17.0 Å². The van der Waals surface area contributed by atoms with Crippen molar-refractivity contribution in [3.05, 3.63) is 47.6 Å². The molecular weight excluding hydrogens is 254 g/mol. The Hall–Kier alpha value is -1.78. The fraction of sp³-hybridized carbons (Fsp3) is 0.200. The average molecular weight is 269 g/mol. The number of benzene rings is 1. The number of fused-ring (bicyclic) bond motifs is 1. The summed E-state index contributed by atoms with van der Waals surface area (Å²) in [6.45, 7) is 2.11. The third-order valence-electron chi connectivity index (χ3n) is 3.28. The number of nitrogens with zero attached hydrogens (tertiary/aromatic N) is 2. The first kappa shape index (κ1) is 12.3. The molecule has 0 aliphatic carbocycles. The van der Waals surface area contributed by atoms with Crippen LogP contribution in [0.1, 0.15) is 18.7 Å². The number of hydrogen-bond acceptors (Lipinski definition) is 4. The van der Waals surface area contributed by atoms with Crippen molar-refractivity contribution in [3.63, 3.8) is 0 Å². The minimum Gasteiger partial charge on any atom is -0.312 e. The Kier molecular flexibility index (Phi) is 3.27. The molecule has 3 rings (SSSR count). The molecule has 0 bridgehead atoms. The van der Waals surface area contributed by atoms with Gasteiger partial charge < -0.3 is 5.32 Å². The summed E-state index contributed by atoms with van der Waals surface area (Å²) in [6, 6.07) is 10.5. The van der Waals surface area contributed by atoms with Gasteiger partial charge in [0.15, 0.2) is 0 Å². The standard InChI is InChI=1S/C15H15N3S/c1-10(16-2)14-9-19-15(18-14)12-7-8-17-13-6-4-3-5-11(12)13/h3-10,16H,1-2H3. The lowest BCUT2D eigenvalue weighted by Crippen LogP contribution is -2.12. The molecule has 1 N–H and O–H groups in total. The van der Waals surface area contributed by atoms with Crippen LogP contribution in [0.3, 0.4) is 0 Å². The number of pyridine rings is 1. The van der Waals surface area contributed by atoms with Gasteiger partial charge in [-0.2, -0.15) is 0 Å². The summed E-state index contributed by atoms with van der Waals surface area (Å²) < 4.78 is 0. The molecule has 2 aromatic heterocycles. The van der Waals surface area contributed by atoms with Crippen LogP contribution in [0.4, 0.5) is 0 Å². The summed E-state index contributed by atoms with van der Waals surface area (Å²) in [6.07, 6.45) is 1.85. The smallest absolute Gasteiger partial charge is 0.124 e. The summed E-state index contributed by atoms with van der Waals surface area (Å²) in [7, 11) is 1.95. The molecule has 19 heavy (non-hydrogen) atoms. The Morgan fingerprint density at radius 2 is 2.05 bits per heavy atom. The molecule has 3 nitrogen and oxygen atoms in total. The van der Waals surface area contributed by atoms with Crippen molar-refractivity contribution >= 4 is 22.2 Å². The van der Waals surface area contributed by atoms with E-state index in [-0.39, 0.29) is 6.04 Å². The maximum absolute atomic E-state index is 4.73. The maximum atomic E-state index is 4.73. The molecule has 0 radical (unpaired) electrons. The second kappa shape index (κ2) is 5.07. The Morgan fingerprint density at radius 3 is 2.89 bits per heavy atom. The fourth-order valence-electron chi connectivity index (χ4n) is 2.04. The van der Waals surface area contributed by atoms with E-state index in [4.69, 9.17) is 4.98 Å². The van der Waals surface area contributed by atoms with Crippen molar-refractivity contribution in [3.8, 4) is 10.6 Å². The molecular formula is C15H15N3S. The van der Waals surface area contributed by atoms with Crippen LogP contribution < -0.4 is 5.32 Å². The van der Waals surface area contributed by atoms with Gasteiger partial charge in [0.05, 0.1) is 11.2 Å². The molecule has 0 aliphatic rings. The number of hydrogen-bond donors (Lipinski definition) is 1. The van der Waals surface area contributed by atoms with Crippen molar-refractivity contribution in [2.45, 2.75) is 13.0 Å². The normalized spacial score (nSPS) is 12.7. The molecule has 96 valence electrons. The van der Waals surface area contributed by atoms with Gasteiger partial charge in [-0.05, 0) is 26.1 Å². The van der Waals surface area contributed by atoms with Crippen LogP contribution in [0.2, 0.25) is 0 Å². The van der Waals surface area contributed by atoms with E-state index in [1.165, 1.54) is 0 Å². The van der Waals surface area contributed by atoms with Gasteiger partial charge in [-0.3, -0.25) is 4.98 Å². The number of rotatable bonds is 3. The zero-order valence-corrected chi connectivity index (χ0v) is 11.7. The van der Waals surface area contributed by atoms with E-state index >= 15 is 0 Å². The van der Waals surface area contributed by atoms with Crippen LogP contribution >= 0.6 is 11.3 Å². The zero-order chi connectivity index (χ0) is 13.2. The Balaban J connectivity index is 2.12. The summed E-state index contributed by atoms with van der Waals surface area (Å²) in [5.74, 6) is 0. The van der Waals surface area contributed by atoms with Crippen molar-refractivity contribution in [1.29, 1.82) is 0 Å². The van der Waals surface area contributed by atoms with Gasteiger partial charge in [-0.25, -0.2) is 4.98 Å². The van der Waals surface area contributed by atoms with Crippen LogP contribution in [0.25, 0.3) is 21.5 Å². The van der Waals surface area contributed by atoms with E-state index in [2.05, 4.69) is 28.7 Å². The zero-order valence-electron chi connectivity index (χ0n) is 10.9. The summed E-state index contributed by atoms with van der Waals surface area (Å²) in [5.41, 5.74) is 3.26. The van der Waals surface area contributed by atoms with Gasteiger partial charge in [-0.15, -0.1) is 11.3 Å². The highest BCUT2D eigenvalue weighted by Gasteiger charge is 2.11. The van der Waals surface area contributed by atoms with E-state index < -0.39 is 0 Å². The highest BCUT2D eigenvalue weighted by Crippen LogP contribution is 2.30. The van der Waals surface area contributed by atoms with Crippen molar-refractivity contribution in [1.82, 2.24) is 15.3 Å². The minimum absolute atomic E-state index is 0.276. The van der Waals surface area contributed by atoms with Crippen molar-refractivity contribution < 1.29 is 0 Å². The van der Waals surface area contributed by atoms with Gasteiger partial charge in [0, 0.05) is 28.6 Å². The summed E-state index contributed by atoms with van der Waals surface area (Å²) >= 11 is 1.68. The van der Waals surface area contributed by atoms with E-state index in [1.807, 2.05) is 37.5 Å². The predicted molar refractivity (Wildman–Crippen MR) is 80.3 cm³/mol. The average Bonchev–Trinajstić information content (AvgIpc) is 2.95. The van der Waals surface area contributed by atoms with E-state index in [0.29, 0.717) is 0 Å². The van der Waals surface area contributed by atoms with Crippen LogP contribution in [0.15, 0.2) is 41.9 Å². The van der Waals surface area contributed by atoms with E-state index in [9.17, 15) is 0 Å². The van der Waals surface area contributed by atoms with Gasteiger partial charge in [0.1, 0.15) is 5.01 Å². The molecule has 2 heterocycles. The van der Waals surface area contributed by atoms with Crippen LogP contribution in [0, 0.1) is 0 Å². The van der Waals surface area contributed by atoms with E-state index in [1.54, 1.807) is 11.3 Å². The molecule has 1 atom stereocenters. The molecule has 0 saturated carbocycles. The van der Waals surface area contributed by atoms with Gasteiger partial charge >= 0.3 is 0 Å². The SMILES string of the molecule is CNC(C)c1csc(-c2ccnc3ccccc23)n1. The number of para-hydroxylation sites is 1. The Morgan fingerprint density at radius 1 is 1.21 bits per heavy atom. The first-order chi connectivity index (χ1) is 9.29. The van der Waals surface area contributed by atoms with Gasteiger partial charge in [0.2, 0.25) is 0 Å². The molecule has 0 aliphatic heterocycles. The van der Waals surface area contributed by atoms with Crippen molar-refractivity contribution in [2.75, 3.05) is 7.05 Å². The lowest BCUT2D eigenvalue weighted by molar-refractivity contribution is 0.637. The topological polar surface area (TPSA) is 37.8 Å². The second-order valence-corrected chi connectivity index (χ2v) is 5.32. The predicted octanol–water partition coefficient (Wildman–Crippen LogP) is 3.64. The van der Waals surface area contributed by atoms with Gasteiger partial charge in [-0.1, -0.05) is 18.2 Å². The first-order valence-electron chi connectivity index (χ1n) is 6.26. The third-order valence-corrected chi connectivity index (χ3v) is 4.17. The highest BCUT2D eigenvalue weighted by molar-refractivity contribution is 7.13. The van der Waals surface area contributed by atoms with E-state index in [0.717, 1.165) is 27.2 Å². The van der Waals surface area contributed by atoms with Crippen LogP contribution in [-0.2, 0) is 0 Å². The largest absolute Gasteiger partial charge is 0.312 e. The molecule has 4 heteroatoms. The molecule has 0 saturated heterocycles. The van der Waals surface area contributed by atoms with Crippen LogP contribution in [0.5, 0.6) is 0 Å². The third kappa shape index (κ3) is 2.25. The Labute approximate surface area is 116 Å². The molecule has 0 amide bonds. The highest BCUT2D eigenvalue weighted by atomic mass is 32.1. The Bertz CT molecular complexity index is 700. The molecule has 1 unspecified atom stereocenters. The number of thiazole rings is 1. The summed E-state index contributed by atoms with van der Waals surface area (Å²) in [4.78, 5) is 9.12. The monoisotopic (exact) mass is 269 g/mol. The number of nitrogens with one attached hydrogen (secondary N) is 1. The number of aromatic nitrogens is 2. The maximum Gasteiger partial charge on any atom is 0.124 e. The quantitative estimate of drug-likeness (QED) is 0.789. The summed E-state index contributed by atoms with van der Waals surface area (Å²) in [5, 5.41) is 7.54. The molecule has 1 aromatic carbocycles. The molecule has 0 spiro atoms. The van der Waals surface area contributed by atoms with Gasteiger partial charge in [0.25, 0.3) is 0 Å². The molecule has 0 fully saturated rings. The molecule has 3 aromatic rings. The minimum atomic E-state index is 0.276. The fourth-order valence-corrected chi connectivity index (χ4v) is 2.99. The second-order valence-electron chi connectivity index (χ2n) is 4.46. The lowest BCUT2D eigenvalue weighted by Gasteiger charge is -2.05. The lowest BCUT2D eigenvalue weighted by atomic mass is 10.1. The van der Waals surface area contributed by atoms with Crippen molar-refractivity contribution in [2.24, 2.45) is 0 Å². The first-order valence-corrected chi connectivity index (χ1v) is 7.14.